The largest absolute Gasteiger partial charge is 0.366 e. The van der Waals surface area contributed by atoms with Crippen LogP contribution < -0.4 is 5.32 Å². The van der Waals surface area contributed by atoms with Crippen LogP contribution in [-0.2, 0) is 13.1 Å². The number of anilines is 1. The van der Waals surface area contributed by atoms with E-state index >= 15 is 0 Å². The van der Waals surface area contributed by atoms with Gasteiger partial charge in [-0.1, -0.05) is 24.3 Å². The van der Waals surface area contributed by atoms with Crippen LogP contribution in [0.2, 0.25) is 0 Å². The number of hydrogen-bond acceptors (Lipinski definition) is 3. The van der Waals surface area contributed by atoms with E-state index in [2.05, 4.69) is 55.5 Å². The van der Waals surface area contributed by atoms with E-state index in [9.17, 15) is 4.39 Å². The molecule has 0 spiro atoms. The topological polar surface area (TPSA) is 42.7 Å². The van der Waals surface area contributed by atoms with Crippen LogP contribution in [0.25, 0.3) is 10.9 Å². The van der Waals surface area contributed by atoms with Crippen molar-refractivity contribution in [2.24, 2.45) is 0 Å². The number of aromatic nitrogens is 3. The van der Waals surface area contributed by atoms with Gasteiger partial charge in [-0.05, 0) is 45.3 Å². The van der Waals surface area contributed by atoms with Crippen molar-refractivity contribution < 1.29 is 4.39 Å². The number of pyridine rings is 1. The van der Waals surface area contributed by atoms with Crippen molar-refractivity contribution in [3.8, 4) is 0 Å². The fraction of sp³-hybridized carbons (Fsp3) is 0.100. The molecule has 0 aliphatic rings. The van der Waals surface area contributed by atoms with Crippen LogP contribution in [0.1, 0.15) is 11.1 Å². The first-order valence-corrected chi connectivity index (χ1v) is 9.00. The van der Waals surface area contributed by atoms with Crippen molar-refractivity contribution in [3.63, 3.8) is 0 Å². The van der Waals surface area contributed by atoms with Crippen LogP contribution in [0.4, 0.5) is 10.2 Å². The summed E-state index contributed by atoms with van der Waals surface area (Å²) in [5, 5.41) is 4.19. The molecule has 2 aromatic carbocycles. The maximum atomic E-state index is 13.7. The number of fused-ring (bicyclic) bond motifs is 1. The van der Waals surface area contributed by atoms with Gasteiger partial charge in [0.1, 0.15) is 11.6 Å². The highest BCUT2D eigenvalue weighted by Gasteiger charge is 2.04. The number of benzene rings is 2. The molecule has 0 radical (unpaired) electrons. The molecule has 0 saturated carbocycles. The molecule has 1 N–H and O–H groups in total. The van der Waals surface area contributed by atoms with Gasteiger partial charge in [-0.15, -0.1) is 0 Å². The number of rotatable bonds is 5. The van der Waals surface area contributed by atoms with E-state index in [0.29, 0.717) is 16.5 Å². The number of nitrogens with zero attached hydrogens (tertiary/aromatic N) is 3. The molecule has 0 aliphatic carbocycles. The van der Waals surface area contributed by atoms with Crippen molar-refractivity contribution in [1.29, 1.82) is 0 Å². The first-order valence-electron chi connectivity index (χ1n) is 8.20. The normalized spacial score (nSPS) is 11.0. The molecule has 6 heteroatoms. The van der Waals surface area contributed by atoms with Crippen molar-refractivity contribution >= 4 is 32.7 Å². The second-order valence-corrected chi connectivity index (χ2v) is 6.91. The molecule has 4 aromatic rings. The third kappa shape index (κ3) is 3.75. The first-order chi connectivity index (χ1) is 12.7. The van der Waals surface area contributed by atoms with Gasteiger partial charge < -0.3 is 9.88 Å². The maximum absolute atomic E-state index is 13.7. The smallest absolute Gasteiger partial charge is 0.139 e. The molecule has 0 bridgehead atoms. The minimum Gasteiger partial charge on any atom is -0.366 e. The second-order valence-electron chi connectivity index (χ2n) is 6.06. The molecule has 0 aliphatic heterocycles. The zero-order chi connectivity index (χ0) is 17.9. The van der Waals surface area contributed by atoms with Crippen LogP contribution in [-0.4, -0.2) is 14.5 Å². The number of hydrogen-bond donors (Lipinski definition) is 1. The predicted molar refractivity (Wildman–Crippen MR) is 104 cm³/mol. The lowest BCUT2D eigenvalue weighted by Gasteiger charge is -2.09. The highest BCUT2D eigenvalue weighted by Crippen LogP contribution is 2.23. The number of nitrogens with one attached hydrogen (secondary N) is 1. The van der Waals surface area contributed by atoms with E-state index in [4.69, 9.17) is 0 Å². The van der Waals surface area contributed by atoms with Crippen LogP contribution >= 0.6 is 15.9 Å². The van der Waals surface area contributed by atoms with Gasteiger partial charge in [0.2, 0.25) is 0 Å². The summed E-state index contributed by atoms with van der Waals surface area (Å²) >= 11 is 3.20. The Kier molecular flexibility index (Phi) is 4.67. The van der Waals surface area contributed by atoms with Crippen LogP contribution in [0.15, 0.2) is 71.7 Å². The van der Waals surface area contributed by atoms with Crippen molar-refractivity contribution in [1.82, 2.24) is 14.5 Å². The molecule has 0 unspecified atom stereocenters. The summed E-state index contributed by atoms with van der Waals surface area (Å²) in [5.41, 5.74) is 3.01. The molecular formula is C20H16BrFN4. The summed E-state index contributed by atoms with van der Waals surface area (Å²) < 4.78 is 16.2. The van der Waals surface area contributed by atoms with Crippen molar-refractivity contribution in [2.45, 2.75) is 13.1 Å². The average molecular weight is 411 g/mol. The van der Waals surface area contributed by atoms with Gasteiger partial charge in [-0.25, -0.2) is 14.4 Å². The van der Waals surface area contributed by atoms with E-state index in [1.165, 1.54) is 11.6 Å². The quantitative estimate of drug-likeness (QED) is 0.503. The monoisotopic (exact) mass is 410 g/mol. The van der Waals surface area contributed by atoms with Crippen LogP contribution in [0.3, 0.4) is 0 Å². The molecule has 0 atom stereocenters. The van der Waals surface area contributed by atoms with Gasteiger partial charge in [0.15, 0.2) is 0 Å². The van der Waals surface area contributed by atoms with Gasteiger partial charge in [-0.3, -0.25) is 0 Å². The zero-order valence-corrected chi connectivity index (χ0v) is 15.4. The lowest BCUT2D eigenvalue weighted by atomic mass is 10.1. The van der Waals surface area contributed by atoms with Gasteiger partial charge in [-0.2, -0.15) is 0 Å². The van der Waals surface area contributed by atoms with Crippen LogP contribution in [0, 0.1) is 5.82 Å². The standard InChI is InChI=1S/C20H16BrFN4/c21-17-9-16-5-6-20(25-19(16)10-18(17)22)24-11-14-1-3-15(4-2-14)12-26-8-7-23-13-26/h1-10,13H,11-12H2,(H,24,25). The van der Waals surface area contributed by atoms with Crippen LogP contribution in [0.5, 0.6) is 0 Å². The molecule has 26 heavy (non-hydrogen) atoms. The first kappa shape index (κ1) is 16.7. The Morgan fingerprint density at radius 1 is 1.04 bits per heavy atom. The Balaban J connectivity index is 1.43. The minimum absolute atomic E-state index is 0.310. The van der Waals surface area contributed by atoms with E-state index in [-0.39, 0.29) is 5.82 Å². The highest BCUT2D eigenvalue weighted by atomic mass is 79.9. The Morgan fingerprint density at radius 2 is 1.85 bits per heavy atom. The number of imidazole rings is 1. The van der Waals surface area contributed by atoms with Gasteiger partial charge in [0.05, 0.1) is 16.3 Å². The van der Waals surface area contributed by atoms with Gasteiger partial charge in [0, 0.05) is 36.9 Å². The summed E-state index contributed by atoms with van der Waals surface area (Å²) in [6.45, 7) is 1.46. The fourth-order valence-corrected chi connectivity index (χ4v) is 3.12. The molecule has 130 valence electrons. The maximum Gasteiger partial charge on any atom is 0.139 e. The van der Waals surface area contributed by atoms with Crippen molar-refractivity contribution in [2.75, 3.05) is 5.32 Å². The Morgan fingerprint density at radius 3 is 2.62 bits per heavy atom. The molecule has 2 heterocycles. The molecule has 4 nitrogen and oxygen atoms in total. The van der Waals surface area contributed by atoms with E-state index in [0.717, 1.165) is 23.3 Å². The lowest BCUT2D eigenvalue weighted by Crippen LogP contribution is -2.02. The highest BCUT2D eigenvalue weighted by molar-refractivity contribution is 9.10. The summed E-state index contributed by atoms with van der Waals surface area (Å²) in [6, 6.07) is 15.4. The fourth-order valence-electron chi connectivity index (χ4n) is 2.76. The Hall–Kier alpha value is -2.73. The molecule has 2 aromatic heterocycles. The third-order valence-electron chi connectivity index (χ3n) is 4.15. The predicted octanol–water partition coefficient (Wildman–Crippen LogP) is 4.99. The second kappa shape index (κ2) is 7.25. The molecule has 0 fully saturated rings. The molecule has 0 saturated heterocycles. The molecule has 0 amide bonds. The summed E-state index contributed by atoms with van der Waals surface area (Å²) in [4.78, 5) is 8.53. The summed E-state index contributed by atoms with van der Waals surface area (Å²) in [5.74, 6) is 0.414. The van der Waals surface area contributed by atoms with E-state index in [1.54, 1.807) is 12.3 Å². The summed E-state index contributed by atoms with van der Waals surface area (Å²) in [7, 11) is 0. The summed E-state index contributed by atoms with van der Waals surface area (Å²) in [6.07, 6.45) is 5.53. The zero-order valence-electron chi connectivity index (χ0n) is 13.9. The average Bonchev–Trinajstić information content (AvgIpc) is 3.15. The van der Waals surface area contributed by atoms with E-state index in [1.807, 2.05) is 29.2 Å². The Bertz CT molecular complexity index is 1030. The van der Waals surface area contributed by atoms with Crippen molar-refractivity contribution in [3.05, 3.63) is 88.7 Å². The minimum atomic E-state index is -0.310. The lowest BCUT2D eigenvalue weighted by molar-refractivity contribution is 0.623. The SMILES string of the molecule is Fc1cc2nc(NCc3ccc(Cn4ccnc4)cc3)ccc2cc1Br. The Labute approximate surface area is 158 Å². The van der Waals surface area contributed by atoms with Gasteiger partial charge in [0.25, 0.3) is 0 Å². The molecular weight excluding hydrogens is 395 g/mol. The third-order valence-corrected chi connectivity index (χ3v) is 4.76. The van der Waals surface area contributed by atoms with E-state index < -0.39 is 0 Å². The molecule has 4 rings (SSSR count). The number of halogens is 2. The van der Waals surface area contributed by atoms with Gasteiger partial charge >= 0.3 is 0 Å².